The highest BCUT2D eigenvalue weighted by Gasteiger charge is 2.41. The van der Waals surface area contributed by atoms with Gasteiger partial charge in [-0.1, -0.05) is 23.7 Å². The van der Waals surface area contributed by atoms with E-state index in [0.29, 0.717) is 34.8 Å². The maximum Gasteiger partial charge on any atom is 0.362 e. The molecule has 0 amide bonds. The van der Waals surface area contributed by atoms with E-state index >= 15 is 0 Å². The molecule has 0 fully saturated rings. The van der Waals surface area contributed by atoms with Gasteiger partial charge in [0.15, 0.2) is 10.5 Å². The molecule has 0 N–H and O–H groups in total. The van der Waals surface area contributed by atoms with Gasteiger partial charge in [0.05, 0.1) is 31.1 Å². The van der Waals surface area contributed by atoms with E-state index < -0.39 is 0 Å². The Hall–Kier alpha value is -2.58. The Labute approximate surface area is 171 Å². The maximum atomic E-state index is 13.5. The fourth-order valence-corrected chi connectivity index (χ4v) is 4.69. The molecule has 0 radical (unpaired) electrons. The predicted molar refractivity (Wildman–Crippen MR) is 106 cm³/mol. The minimum atomic E-state index is -0.317. The van der Waals surface area contributed by atoms with Gasteiger partial charge in [-0.3, -0.25) is 9.69 Å². The number of thiazole rings is 1. The summed E-state index contributed by atoms with van der Waals surface area (Å²) in [5.74, 6) is 0.948. The van der Waals surface area contributed by atoms with Crippen LogP contribution in [0.25, 0.3) is 11.1 Å². The second kappa shape index (κ2) is 7.10. The van der Waals surface area contributed by atoms with E-state index in [-0.39, 0.29) is 23.0 Å². The van der Waals surface area contributed by atoms with Crippen molar-refractivity contribution in [2.24, 2.45) is 7.05 Å². The number of halogens is 1. The van der Waals surface area contributed by atoms with Gasteiger partial charge in [-0.05, 0) is 24.6 Å². The van der Waals surface area contributed by atoms with Crippen LogP contribution in [0.2, 0.25) is 4.47 Å². The lowest BCUT2D eigenvalue weighted by molar-refractivity contribution is -0.705. The molecule has 1 aliphatic heterocycles. The van der Waals surface area contributed by atoms with Crippen molar-refractivity contribution in [3.8, 4) is 22.8 Å². The molecule has 28 heavy (non-hydrogen) atoms. The average Bonchev–Trinajstić information content (AvgIpc) is 3.30. The molecule has 3 aromatic rings. The Morgan fingerprint density at radius 1 is 1.39 bits per heavy atom. The first-order valence-electron chi connectivity index (χ1n) is 8.82. The highest BCUT2D eigenvalue weighted by atomic mass is 35.5. The van der Waals surface area contributed by atoms with E-state index in [2.05, 4.69) is 4.98 Å². The molecule has 0 bridgehead atoms. The summed E-state index contributed by atoms with van der Waals surface area (Å²) in [6.07, 6.45) is 1.70. The van der Waals surface area contributed by atoms with Gasteiger partial charge in [-0.25, -0.2) is 9.55 Å². The summed E-state index contributed by atoms with van der Waals surface area (Å²) in [6, 6.07) is 6.70. The van der Waals surface area contributed by atoms with Crippen molar-refractivity contribution >= 4 is 28.9 Å². The van der Waals surface area contributed by atoms with E-state index in [1.807, 2.05) is 11.8 Å². The zero-order chi connectivity index (χ0) is 20.0. The molecule has 0 spiro atoms. The number of hydrogen-bond donors (Lipinski definition) is 0. The van der Waals surface area contributed by atoms with Crippen molar-refractivity contribution in [2.75, 3.05) is 25.1 Å². The van der Waals surface area contributed by atoms with E-state index in [4.69, 9.17) is 16.3 Å². The van der Waals surface area contributed by atoms with Crippen LogP contribution in [0.3, 0.4) is 0 Å². The Kier molecular flexibility index (Phi) is 4.76. The van der Waals surface area contributed by atoms with Crippen LogP contribution in [0, 0.1) is 0 Å². The van der Waals surface area contributed by atoms with Gasteiger partial charge in [-0.15, -0.1) is 11.3 Å². The van der Waals surface area contributed by atoms with Crippen molar-refractivity contribution in [1.82, 2.24) is 9.55 Å². The Morgan fingerprint density at radius 3 is 2.68 bits per heavy atom. The van der Waals surface area contributed by atoms with E-state index in [0.717, 1.165) is 4.88 Å². The zero-order valence-corrected chi connectivity index (χ0v) is 17.3. The first-order valence-corrected chi connectivity index (χ1v) is 10.0. The number of aromatic nitrogens is 3. The maximum absolute atomic E-state index is 13.5. The fourth-order valence-electron chi connectivity index (χ4n) is 3.65. The Bertz CT molecular complexity index is 1090. The number of likely N-dealkylation sites (N-methyl/N-ethyl adjacent to an activating group) is 1. The van der Waals surface area contributed by atoms with Gasteiger partial charge < -0.3 is 9.84 Å². The molecule has 7 nitrogen and oxygen atoms in total. The van der Waals surface area contributed by atoms with Gasteiger partial charge >= 0.3 is 11.5 Å². The summed E-state index contributed by atoms with van der Waals surface area (Å²) in [5.41, 5.74) is 0.402. The highest BCUT2D eigenvalue weighted by Crippen LogP contribution is 2.35. The summed E-state index contributed by atoms with van der Waals surface area (Å²) in [7, 11) is 3.27. The summed E-state index contributed by atoms with van der Waals surface area (Å²) in [6.45, 7) is 3.26. The molecule has 9 heteroatoms. The van der Waals surface area contributed by atoms with Crippen LogP contribution in [0.5, 0.6) is 11.6 Å². The predicted octanol–water partition coefficient (Wildman–Crippen LogP) is 1.96. The van der Waals surface area contributed by atoms with Gasteiger partial charge in [0.1, 0.15) is 12.3 Å². The summed E-state index contributed by atoms with van der Waals surface area (Å²) in [4.78, 5) is 20.5. The van der Waals surface area contributed by atoms with Gasteiger partial charge in [0.25, 0.3) is 0 Å². The minimum Gasteiger partial charge on any atom is -0.848 e. The molecule has 146 valence electrons. The molecule has 0 aliphatic carbocycles. The van der Waals surface area contributed by atoms with E-state index in [1.54, 1.807) is 53.8 Å². The second-order valence-corrected chi connectivity index (χ2v) is 8.16. The minimum absolute atomic E-state index is 0.146. The third kappa shape index (κ3) is 2.84. The highest BCUT2D eigenvalue weighted by molar-refractivity contribution is 7.15. The largest absolute Gasteiger partial charge is 0.848 e. The lowest BCUT2D eigenvalue weighted by Gasteiger charge is -2.19. The van der Waals surface area contributed by atoms with Crippen LogP contribution < -0.4 is 24.9 Å². The topological polar surface area (TPSA) is 74.3 Å². The van der Waals surface area contributed by atoms with Crippen LogP contribution in [0.4, 0.5) is 5.95 Å². The third-order valence-electron chi connectivity index (χ3n) is 5.04. The normalized spacial score (nSPS) is 15.7. The zero-order valence-electron chi connectivity index (χ0n) is 15.7. The smallest absolute Gasteiger partial charge is 0.362 e. The molecule has 0 saturated carbocycles. The number of nitrogens with zero attached hydrogens (tertiary/aromatic N) is 4. The number of rotatable bonds is 4. The van der Waals surface area contributed by atoms with E-state index in [1.165, 1.54) is 11.3 Å². The Morgan fingerprint density at radius 2 is 2.11 bits per heavy atom. The van der Waals surface area contributed by atoms with Crippen LogP contribution in [0.15, 0.2) is 35.3 Å². The molecule has 1 atom stereocenters. The molecule has 1 unspecified atom stereocenters. The molecule has 1 aliphatic rings. The number of fused-ring (bicyclic) bond motifs is 1. The lowest BCUT2D eigenvalue weighted by atomic mass is 10.1. The van der Waals surface area contributed by atoms with Crippen molar-refractivity contribution in [2.45, 2.75) is 13.0 Å². The van der Waals surface area contributed by atoms with Crippen molar-refractivity contribution in [3.63, 3.8) is 0 Å². The third-order valence-corrected chi connectivity index (χ3v) is 6.25. The standard InChI is InChI=1S/C19H19ClN4O3S/c1-4-23-10-13(14-9-21-18(20)28-14)24-17(26)15(16(25)22(2)19(23)24)11-5-7-12(27-3)8-6-11/h5-9,13H,4,10H2,1-3H3. The molecular formula is C19H19ClN4O3S. The number of benzene rings is 1. The number of hydrogen-bond acceptors (Lipinski definition) is 6. The second-order valence-electron chi connectivity index (χ2n) is 6.51. The van der Waals surface area contributed by atoms with Gasteiger partial charge in [0.2, 0.25) is 0 Å². The first kappa shape index (κ1) is 18.8. The molecule has 0 saturated heterocycles. The van der Waals surface area contributed by atoms with Crippen LogP contribution >= 0.6 is 22.9 Å². The molecule has 3 heterocycles. The van der Waals surface area contributed by atoms with Crippen molar-refractivity contribution in [1.29, 1.82) is 0 Å². The number of methoxy groups -OCH3 is 1. The molecular weight excluding hydrogens is 400 g/mol. The van der Waals surface area contributed by atoms with Crippen LogP contribution in [-0.4, -0.2) is 29.8 Å². The van der Waals surface area contributed by atoms with Crippen molar-refractivity contribution in [3.05, 3.63) is 50.2 Å². The summed E-state index contributed by atoms with van der Waals surface area (Å²) < 4.78 is 8.85. The molecule has 1 aromatic carbocycles. The number of anilines is 1. The molecule has 4 rings (SSSR count). The SMILES string of the molecule is CCN1CC(c2cnc(Cl)s2)n2c1[n+](C)c([O-])c(-c1ccc(OC)cc1)c2=O. The fraction of sp³-hybridized carbons (Fsp3) is 0.316. The van der Waals surface area contributed by atoms with Gasteiger partial charge in [-0.2, -0.15) is 4.57 Å². The monoisotopic (exact) mass is 418 g/mol. The average molecular weight is 419 g/mol. The van der Waals surface area contributed by atoms with Crippen LogP contribution in [0.1, 0.15) is 17.8 Å². The first-order chi connectivity index (χ1) is 13.5. The summed E-state index contributed by atoms with van der Waals surface area (Å²) in [5, 5.41) is 13.1. The van der Waals surface area contributed by atoms with Gasteiger partial charge in [0, 0.05) is 12.1 Å². The number of ether oxygens (including phenoxy) is 1. The molecule has 2 aromatic heterocycles. The quantitative estimate of drug-likeness (QED) is 0.605. The van der Waals surface area contributed by atoms with Crippen molar-refractivity contribution < 1.29 is 14.4 Å². The van der Waals surface area contributed by atoms with Crippen LogP contribution in [-0.2, 0) is 7.05 Å². The Balaban J connectivity index is 1.96. The lowest BCUT2D eigenvalue weighted by Crippen LogP contribution is -2.45. The van der Waals surface area contributed by atoms with E-state index in [9.17, 15) is 9.90 Å². The summed E-state index contributed by atoms with van der Waals surface area (Å²) >= 11 is 7.38.